The Morgan fingerprint density at radius 1 is 1.43 bits per heavy atom. The van der Waals surface area contributed by atoms with E-state index in [1.165, 1.54) is 22.0 Å². The summed E-state index contributed by atoms with van der Waals surface area (Å²) in [4.78, 5) is 15.4. The number of fused-ring (bicyclic) bond motifs is 1. The summed E-state index contributed by atoms with van der Waals surface area (Å²) in [7, 11) is 0. The molecule has 1 amide bonds. The van der Waals surface area contributed by atoms with Crippen LogP contribution in [0.5, 0.6) is 0 Å². The minimum Gasteiger partial charge on any atom is -0.361 e. The van der Waals surface area contributed by atoms with Gasteiger partial charge < -0.3 is 16.0 Å². The smallest absolute Gasteiger partial charge is 0.239 e. The van der Waals surface area contributed by atoms with Gasteiger partial charge in [0.25, 0.3) is 0 Å². The summed E-state index contributed by atoms with van der Waals surface area (Å²) in [5.41, 5.74) is 8.89. The van der Waals surface area contributed by atoms with Gasteiger partial charge in [-0.3, -0.25) is 4.79 Å². The highest BCUT2D eigenvalue weighted by molar-refractivity contribution is 5.87. The number of carbonyl (C=O) groups is 1. The van der Waals surface area contributed by atoms with Gasteiger partial charge in [-0.05, 0) is 37.8 Å². The van der Waals surface area contributed by atoms with Crippen LogP contribution in [0.15, 0.2) is 24.4 Å². The molecule has 21 heavy (non-hydrogen) atoms. The summed E-state index contributed by atoms with van der Waals surface area (Å²) in [6.45, 7) is 6.53. The summed E-state index contributed by atoms with van der Waals surface area (Å²) < 4.78 is 0. The van der Waals surface area contributed by atoms with Gasteiger partial charge in [0.05, 0.1) is 5.54 Å². The highest BCUT2D eigenvalue weighted by atomic mass is 16.2. The third kappa shape index (κ3) is 3.45. The highest BCUT2D eigenvalue weighted by Crippen LogP contribution is 2.21. The van der Waals surface area contributed by atoms with Gasteiger partial charge in [-0.1, -0.05) is 31.5 Å². The normalized spacial score (nSPS) is 14.1. The molecule has 1 aromatic heterocycles. The minimum atomic E-state index is -0.772. The molecule has 4 N–H and O–H groups in total. The molecule has 0 bridgehead atoms. The molecule has 1 unspecified atom stereocenters. The van der Waals surface area contributed by atoms with Crippen molar-refractivity contribution in [1.29, 1.82) is 0 Å². The van der Waals surface area contributed by atoms with E-state index in [-0.39, 0.29) is 5.91 Å². The van der Waals surface area contributed by atoms with Crippen molar-refractivity contribution >= 4 is 16.8 Å². The summed E-state index contributed by atoms with van der Waals surface area (Å²) in [5, 5.41) is 4.18. The molecule has 0 aliphatic heterocycles. The first-order chi connectivity index (χ1) is 9.95. The van der Waals surface area contributed by atoms with Crippen LogP contribution >= 0.6 is 0 Å². The quantitative estimate of drug-likeness (QED) is 0.764. The second kappa shape index (κ2) is 6.31. The molecule has 0 fully saturated rings. The fraction of sp³-hybridized carbons (Fsp3) is 0.471. The molecule has 4 nitrogen and oxygen atoms in total. The number of aromatic nitrogens is 1. The van der Waals surface area contributed by atoms with Crippen molar-refractivity contribution in [1.82, 2.24) is 10.3 Å². The number of nitrogens with two attached hydrogens (primary N) is 1. The molecule has 0 radical (unpaired) electrons. The molecule has 114 valence electrons. The number of hydrogen-bond donors (Lipinski definition) is 3. The minimum absolute atomic E-state index is 0.0691. The van der Waals surface area contributed by atoms with E-state index < -0.39 is 5.54 Å². The number of H-pyrrole nitrogens is 1. The van der Waals surface area contributed by atoms with E-state index in [1.54, 1.807) is 6.92 Å². The molecule has 1 aromatic carbocycles. The number of benzene rings is 1. The number of carbonyl (C=O) groups excluding carboxylic acids is 1. The van der Waals surface area contributed by atoms with E-state index >= 15 is 0 Å². The van der Waals surface area contributed by atoms with E-state index in [0.29, 0.717) is 13.0 Å². The van der Waals surface area contributed by atoms with Crippen molar-refractivity contribution in [3.8, 4) is 0 Å². The van der Waals surface area contributed by atoms with Crippen LogP contribution in [0.1, 0.15) is 37.8 Å². The molecule has 0 aliphatic rings. The predicted molar refractivity (Wildman–Crippen MR) is 87.2 cm³/mol. The number of para-hydroxylation sites is 1. The number of aryl methyl sites for hydroxylation is 1. The second-order valence-corrected chi connectivity index (χ2v) is 5.98. The molecule has 0 saturated heterocycles. The lowest BCUT2D eigenvalue weighted by Gasteiger charge is -2.22. The van der Waals surface area contributed by atoms with Crippen molar-refractivity contribution in [2.45, 2.75) is 45.6 Å². The molecular weight excluding hydrogens is 262 g/mol. The lowest BCUT2D eigenvalue weighted by molar-refractivity contribution is -0.126. The van der Waals surface area contributed by atoms with E-state index in [9.17, 15) is 4.79 Å². The molecule has 4 heteroatoms. The number of rotatable bonds is 6. The molecule has 2 aromatic rings. The zero-order chi connectivity index (χ0) is 15.5. The standard InChI is InChI=1S/C17H25N3O/c1-4-9-17(3,18)16(21)19-10-8-13-11-20-15-12(2)6-5-7-14(13)15/h5-7,11,20H,4,8-10,18H2,1-3H3,(H,19,21). The first-order valence-corrected chi connectivity index (χ1v) is 7.58. The highest BCUT2D eigenvalue weighted by Gasteiger charge is 2.26. The fourth-order valence-corrected chi connectivity index (χ4v) is 2.72. The molecule has 1 atom stereocenters. The average Bonchev–Trinajstić information content (AvgIpc) is 2.83. The van der Waals surface area contributed by atoms with Crippen LogP contribution in [0.3, 0.4) is 0 Å². The van der Waals surface area contributed by atoms with Crippen molar-refractivity contribution in [3.05, 3.63) is 35.5 Å². The van der Waals surface area contributed by atoms with Gasteiger partial charge in [-0.2, -0.15) is 0 Å². The van der Waals surface area contributed by atoms with Gasteiger partial charge >= 0.3 is 0 Å². The Morgan fingerprint density at radius 2 is 2.19 bits per heavy atom. The molecular formula is C17H25N3O. The van der Waals surface area contributed by atoms with Crippen LogP contribution in [0.4, 0.5) is 0 Å². The summed E-state index contributed by atoms with van der Waals surface area (Å²) in [6, 6.07) is 6.26. The third-order valence-electron chi connectivity index (χ3n) is 3.98. The van der Waals surface area contributed by atoms with Crippen molar-refractivity contribution < 1.29 is 4.79 Å². The van der Waals surface area contributed by atoms with Crippen molar-refractivity contribution in [2.75, 3.05) is 6.54 Å². The first kappa shape index (κ1) is 15.6. The van der Waals surface area contributed by atoms with Gasteiger partial charge in [0.15, 0.2) is 0 Å². The van der Waals surface area contributed by atoms with Gasteiger partial charge in [-0.25, -0.2) is 0 Å². The predicted octanol–water partition coefficient (Wildman–Crippen LogP) is 2.65. The average molecular weight is 287 g/mol. The number of aromatic amines is 1. The Morgan fingerprint density at radius 3 is 2.90 bits per heavy atom. The fourth-order valence-electron chi connectivity index (χ4n) is 2.72. The molecule has 2 rings (SSSR count). The Kier molecular flexibility index (Phi) is 4.68. The summed E-state index contributed by atoms with van der Waals surface area (Å²) >= 11 is 0. The summed E-state index contributed by atoms with van der Waals surface area (Å²) in [6.07, 6.45) is 4.43. The molecule has 1 heterocycles. The Labute approximate surface area is 126 Å². The maximum absolute atomic E-state index is 12.1. The Hall–Kier alpha value is -1.81. The zero-order valence-electron chi connectivity index (χ0n) is 13.1. The maximum Gasteiger partial charge on any atom is 0.239 e. The number of nitrogens with one attached hydrogen (secondary N) is 2. The Bertz CT molecular complexity index is 628. The van der Waals surface area contributed by atoms with Crippen LogP contribution in [-0.4, -0.2) is 23.0 Å². The van der Waals surface area contributed by atoms with Gasteiger partial charge in [0.1, 0.15) is 0 Å². The Balaban J connectivity index is 1.97. The number of amides is 1. The van der Waals surface area contributed by atoms with Crippen LogP contribution in [0.25, 0.3) is 10.9 Å². The SMILES string of the molecule is CCCC(C)(N)C(=O)NCCc1c[nH]c2c(C)cccc12. The van der Waals surface area contributed by atoms with Crippen LogP contribution < -0.4 is 11.1 Å². The van der Waals surface area contributed by atoms with E-state index in [1.807, 2.05) is 13.1 Å². The second-order valence-electron chi connectivity index (χ2n) is 5.98. The van der Waals surface area contributed by atoms with Gasteiger partial charge in [-0.15, -0.1) is 0 Å². The lowest BCUT2D eigenvalue weighted by Crippen LogP contribution is -2.51. The van der Waals surface area contributed by atoms with Crippen LogP contribution in [-0.2, 0) is 11.2 Å². The summed E-state index contributed by atoms with van der Waals surface area (Å²) in [5.74, 6) is -0.0691. The first-order valence-electron chi connectivity index (χ1n) is 7.58. The molecule has 0 saturated carbocycles. The van der Waals surface area contributed by atoms with E-state index in [0.717, 1.165) is 12.8 Å². The van der Waals surface area contributed by atoms with Gasteiger partial charge in [0.2, 0.25) is 5.91 Å². The maximum atomic E-state index is 12.1. The van der Waals surface area contributed by atoms with Gasteiger partial charge in [0, 0.05) is 23.6 Å². The largest absolute Gasteiger partial charge is 0.361 e. The number of hydrogen-bond acceptors (Lipinski definition) is 2. The van der Waals surface area contributed by atoms with Crippen molar-refractivity contribution in [2.24, 2.45) is 5.73 Å². The molecule has 0 spiro atoms. The molecule has 0 aliphatic carbocycles. The monoisotopic (exact) mass is 287 g/mol. The lowest BCUT2D eigenvalue weighted by atomic mass is 9.96. The topological polar surface area (TPSA) is 70.9 Å². The third-order valence-corrected chi connectivity index (χ3v) is 3.98. The zero-order valence-corrected chi connectivity index (χ0v) is 13.1. The van der Waals surface area contributed by atoms with E-state index in [2.05, 4.69) is 35.4 Å². The van der Waals surface area contributed by atoms with Crippen molar-refractivity contribution in [3.63, 3.8) is 0 Å². The van der Waals surface area contributed by atoms with Crippen LogP contribution in [0, 0.1) is 6.92 Å². The van der Waals surface area contributed by atoms with E-state index in [4.69, 9.17) is 5.73 Å². The van der Waals surface area contributed by atoms with Crippen LogP contribution in [0.2, 0.25) is 0 Å².